The van der Waals surface area contributed by atoms with E-state index in [2.05, 4.69) is 17.8 Å². The van der Waals surface area contributed by atoms with Gasteiger partial charge in [0.15, 0.2) is 0 Å². The molecular weight excluding hydrogens is 160 g/mol. The summed E-state index contributed by atoms with van der Waals surface area (Å²) in [5, 5.41) is 9.01. The number of hydrogen-bond donors (Lipinski definition) is 2. The van der Waals surface area contributed by atoms with Gasteiger partial charge in [0.05, 0.1) is 5.69 Å². The number of hydrogen-bond acceptors (Lipinski definition) is 4. The third kappa shape index (κ3) is 1.85. The zero-order valence-electron chi connectivity index (χ0n) is 6.23. The standard InChI is InChI=1S/C7H10N2OS/c1-2-6-5-8-4-3-7(6)9(10)11/h3-5,10-11H,2H2,1H3. The van der Waals surface area contributed by atoms with Crippen molar-refractivity contribution >= 4 is 18.5 Å². The van der Waals surface area contributed by atoms with Crippen molar-refractivity contribution in [1.82, 2.24) is 4.98 Å². The van der Waals surface area contributed by atoms with Crippen LogP contribution in [0.15, 0.2) is 18.5 Å². The molecule has 0 aliphatic rings. The largest absolute Gasteiger partial charge is 0.278 e. The minimum atomic E-state index is 0.686. The molecule has 0 atom stereocenters. The van der Waals surface area contributed by atoms with Gasteiger partial charge >= 0.3 is 0 Å². The molecule has 1 aromatic heterocycles. The van der Waals surface area contributed by atoms with Gasteiger partial charge in [-0.3, -0.25) is 10.2 Å². The molecule has 3 nitrogen and oxygen atoms in total. The van der Waals surface area contributed by atoms with Crippen molar-refractivity contribution < 1.29 is 5.21 Å². The topological polar surface area (TPSA) is 36.4 Å². The SMILES string of the molecule is CCc1cnccc1N(O)S. The van der Waals surface area contributed by atoms with Crippen LogP contribution in [0.2, 0.25) is 0 Å². The van der Waals surface area contributed by atoms with Crippen molar-refractivity contribution in [2.75, 3.05) is 4.47 Å². The Hall–Kier alpha value is -0.740. The van der Waals surface area contributed by atoms with Crippen LogP contribution in [-0.4, -0.2) is 10.2 Å². The van der Waals surface area contributed by atoms with E-state index in [4.69, 9.17) is 5.21 Å². The highest BCUT2D eigenvalue weighted by molar-refractivity contribution is 7.81. The first-order chi connectivity index (χ1) is 5.25. The molecule has 0 aromatic carbocycles. The van der Waals surface area contributed by atoms with Crippen LogP contribution in [0.25, 0.3) is 0 Å². The summed E-state index contributed by atoms with van der Waals surface area (Å²) in [6.45, 7) is 2.00. The Labute approximate surface area is 71.2 Å². The van der Waals surface area contributed by atoms with Crippen LogP contribution < -0.4 is 4.47 Å². The van der Waals surface area contributed by atoms with Gasteiger partial charge < -0.3 is 0 Å². The van der Waals surface area contributed by atoms with Crippen molar-refractivity contribution in [3.63, 3.8) is 0 Å². The van der Waals surface area contributed by atoms with Crippen molar-refractivity contribution in [3.8, 4) is 0 Å². The third-order valence-electron chi connectivity index (χ3n) is 1.47. The highest BCUT2D eigenvalue weighted by Crippen LogP contribution is 2.18. The third-order valence-corrected chi connectivity index (χ3v) is 1.69. The van der Waals surface area contributed by atoms with Crippen molar-refractivity contribution in [2.45, 2.75) is 13.3 Å². The first kappa shape index (κ1) is 8.36. The molecule has 0 unspecified atom stereocenters. The maximum absolute atomic E-state index is 9.01. The first-order valence-electron chi connectivity index (χ1n) is 3.36. The summed E-state index contributed by atoms with van der Waals surface area (Å²) < 4.78 is 0.806. The molecular formula is C7H10N2OS. The summed E-state index contributed by atoms with van der Waals surface area (Å²) in [6.07, 6.45) is 4.17. The lowest BCUT2D eigenvalue weighted by Crippen LogP contribution is -2.05. The van der Waals surface area contributed by atoms with Gasteiger partial charge in [-0.1, -0.05) is 6.92 Å². The van der Waals surface area contributed by atoms with Crippen LogP contribution in [0.5, 0.6) is 0 Å². The van der Waals surface area contributed by atoms with Gasteiger partial charge in [0.2, 0.25) is 0 Å². The smallest absolute Gasteiger partial charge is 0.0823 e. The molecule has 4 heteroatoms. The molecule has 11 heavy (non-hydrogen) atoms. The number of aryl methyl sites for hydroxylation is 1. The molecule has 1 N–H and O–H groups in total. The van der Waals surface area contributed by atoms with Gasteiger partial charge in [-0.2, -0.15) is 0 Å². The minimum absolute atomic E-state index is 0.686. The average Bonchev–Trinajstić information content (AvgIpc) is 2.04. The predicted octanol–water partition coefficient (Wildman–Crippen LogP) is 1.68. The molecule has 0 spiro atoms. The van der Waals surface area contributed by atoms with Crippen LogP contribution in [0.3, 0.4) is 0 Å². The van der Waals surface area contributed by atoms with E-state index in [1.807, 2.05) is 6.92 Å². The fourth-order valence-corrected chi connectivity index (χ4v) is 1.08. The van der Waals surface area contributed by atoms with E-state index in [1.165, 1.54) is 0 Å². The highest BCUT2D eigenvalue weighted by Gasteiger charge is 2.02. The Morgan fingerprint density at radius 3 is 2.91 bits per heavy atom. The van der Waals surface area contributed by atoms with Gasteiger partial charge in [-0.25, -0.2) is 4.47 Å². The van der Waals surface area contributed by atoms with E-state index in [0.717, 1.165) is 16.5 Å². The van der Waals surface area contributed by atoms with E-state index < -0.39 is 0 Å². The normalized spacial score (nSPS) is 9.73. The predicted molar refractivity (Wildman–Crippen MR) is 46.9 cm³/mol. The second-order valence-electron chi connectivity index (χ2n) is 2.15. The molecule has 1 rings (SSSR count). The average molecular weight is 170 g/mol. The van der Waals surface area contributed by atoms with E-state index in [1.54, 1.807) is 18.5 Å². The number of nitrogens with zero attached hydrogens (tertiary/aromatic N) is 2. The van der Waals surface area contributed by atoms with Crippen molar-refractivity contribution in [3.05, 3.63) is 24.0 Å². The van der Waals surface area contributed by atoms with Crippen molar-refractivity contribution in [2.24, 2.45) is 0 Å². The second kappa shape index (κ2) is 3.59. The lowest BCUT2D eigenvalue weighted by atomic mass is 10.2. The zero-order valence-corrected chi connectivity index (χ0v) is 7.12. The maximum atomic E-state index is 9.01. The summed E-state index contributed by atoms with van der Waals surface area (Å²) in [5.74, 6) is 0. The van der Waals surface area contributed by atoms with Crippen LogP contribution in [0.1, 0.15) is 12.5 Å². The number of pyridine rings is 1. The summed E-state index contributed by atoms with van der Waals surface area (Å²) in [6, 6.07) is 1.71. The zero-order chi connectivity index (χ0) is 8.27. The maximum Gasteiger partial charge on any atom is 0.0823 e. The highest BCUT2D eigenvalue weighted by atomic mass is 32.1. The quantitative estimate of drug-likeness (QED) is 0.523. The molecule has 0 fully saturated rings. The molecule has 0 radical (unpaired) electrons. The number of thiol groups is 1. The summed E-state index contributed by atoms with van der Waals surface area (Å²) in [4.78, 5) is 3.93. The van der Waals surface area contributed by atoms with Gasteiger partial charge in [-0.15, -0.1) is 0 Å². The van der Waals surface area contributed by atoms with Crippen LogP contribution >= 0.6 is 12.8 Å². The molecule has 0 aliphatic carbocycles. The fraction of sp³-hybridized carbons (Fsp3) is 0.286. The van der Waals surface area contributed by atoms with Gasteiger partial charge in [0.1, 0.15) is 0 Å². The van der Waals surface area contributed by atoms with E-state index in [9.17, 15) is 0 Å². The molecule has 0 saturated heterocycles. The summed E-state index contributed by atoms with van der Waals surface area (Å²) >= 11 is 3.77. The van der Waals surface area contributed by atoms with Crippen LogP contribution in [0, 0.1) is 0 Å². The Morgan fingerprint density at radius 1 is 1.73 bits per heavy atom. The summed E-state index contributed by atoms with van der Waals surface area (Å²) in [7, 11) is 0. The molecule has 1 aromatic rings. The van der Waals surface area contributed by atoms with E-state index in [0.29, 0.717) is 5.69 Å². The van der Waals surface area contributed by atoms with Crippen LogP contribution in [-0.2, 0) is 6.42 Å². The fourth-order valence-electron chi connectivity index (χ4n) is 0.887. The van der Waals surface area contributed by atoms with Crippen molar-refractivity contribution in [1.29, 1.82) is 0 Å². The Bertz CT molecular complexity index is 240. The van der Waals surface area contributed by atoms with Gasteiger partial charge in [-0.05, 0) is 30.9 Å². The Kier molecular flexibility index (Phi) is 2.73. The molecule has 0 bridgehead atoms. The first-order valence-corrected chi connectivity index (χ1v) is 3.76. The Balaban J connectivity index is 3.02. The monoisotopic (exact) mass is 170 g/mol. The minimum Gasteiger partial charge on any atom is -0.278 e. The summed E-state index contributed by atoms with van der Waals surface area (Å²) in [5.41, 5.74) is 1.66. The number of anilines is 1. The number of aromatic nitrogens is 1. The lowest BCUT2D eigenvalue weighted by molar-refractivity contribution is 0.333. The van der Waals surface area contributed by atoms with E-state index in [-0.39, 0.29) is 0 Å². The number of rotatable bonds is 2. The molecule has 60 valence electrons. The van der Waals surface area contributed by atoms with Crippen LogP contribution in [0.4, 0.5) is 5.69 Å². The Morgan fingerprint density at radius 2 is 2.45 bits per heavy atom. The van der Waals surface area contributed by atoms with Gasteiger partial charge in [0, 0.05) is 12.4 Å². The lowest BCUT2D eigenvalue weighted by Gasteiger charge is -2.11. The van der Waals surface area contributed by atoms with E-state index >= 15 is 0 Å². The van der Waals surface area contributed by atoms with Gasteiger partial charge in [0.25, 0.3) is 0 Å². The molecule has 0 saturated carbocycles. The second-order valence-corrected chi connectivity index (χ2v) is 2.53. The molecule has 0 aliphatic heterocycles. The molecule has 0 amide bonds. The molecule has 1 heterocycles.